The zero-order valence-corrected chi connectivity index (χ0v) is 24.1. The van der Waals surface area contributed by atoms with Crippen molar-refractivity contribution in [3.8, 4) is 0 Å². The van der Waals surface area contributed by atoms with Crippen LogP contribution in [0.1, 0.15) is 49.5 Å². The lowest BCUT2D eigenvalue weighted by atomic mass is 9.91. The first kappa shape index (κ1) is 29.8. The van der Waals surface area contributed by atoms with Gasteiger partial charge in [-0.05, 0) is 43.5 Å². The predicted molar refractivity (Wildman–Crippen MR) is 161 cm³/mol. The first-order valence-electron chi connectivity index (χ1n) is 13.7. The number of fused-ring (bicyclic) bond motifs is 1. The summed E-state index contributed by atoms with van der Waals surface area (Å²) in [6, 6.07) is 26.3. The normalized spacial score (nSPS) is 13.8. The molecule has 7 heteroatoms. The number of rotatable bonds is 11. The van der Waals surface area contributed by atoms with Crippen LogP contribution in [0.15, 0.2) is 104 Å². The van der Waals surface area contributed by atoms with Crippen LogP contribution >= 0.6 is 0 Å². The van der Waals surface area contributed by atoms with Crippen molar-refractivity contribution in [2.75, 3.05) is 13.7 Å². The molecule has 3 atom stereocenters. The largest absolute Gasteiger partial charge is 0.443 e. The van der Waals surface area contributed by atoms with Crippen LogP contribution < -0.4 is 5.32 Å². The van der Waals surface area contributed by atoms with Gasteiger partial charge in [0.1, 0.15) is 5.60 Å². The lowest BCUT2D eigenvalue weighted by Gasteiger charge is -2.28. The number of nitrogens with zero attached hydrogens (tertiary/aromatic N) is 1. The molecule has 214 valence electrons. The number of carbonyl (C=O) groups is 2. The molecule has 0 spiro atoms. The number of para-hydroxylation sites is 1. The number of hydrogen-bond donors (Lipinski definition) is 1. The van der Waals surface area contributed by atoms with E-state index in [0.717, 1.165) is 22.1 Å². The van der Waals surface area contributed by atoms with E-state index >= 15 is 0 Å². The fourth-order valence-corrected chi connectivity index (χ4v) is 4.84. The number of hydrogen-bond acceptors (Lipinski definition) is 5. The Hall–Kier alpha value is -4.20. The molecule has 0 aliphatic carbocycles. The standard InChI is InChI=1S/C34H38N2O5/c1-6-26(28-21-36(33(38)41-34(2,3)4)30-20-14-13-19-27(28)30)29(23-40-22-24-15-9-7-10-16-24)35-32(37)31(39-5)25-17-11-8-12-18-25/h6-21,26,29,31H,1,22-23H2,2-5H3,(H,35,37)/t26?,29-,31+/m0/s1. The zero-order valence-electron chi connectivity index (χ0n) is 24.1. The van der Waals surface area contributed by atoms with Gasteiger partial charge in [-0.2, -0.15) is 0 Å². The third-order valence-corrected chi connectivity index (χ3v) is 6.69. The van der Waals surface area contributed by atoms with Crippen molar-refractivity contribution in [3.05, 3.63) is 120 Å². The monoisotopic (exact) mass is 554 g/mol. The zero-order chi connectivity index (χ0) is 29.4. The van der Waals surface area contributed by atoms with Crippen LogP contribution in [0.5, 0.6) is 0 Å². The molecule has 0 fully saturated rings. The first-order valence-corrected chi connectivity index (χ1v) is 13.7. The maximum absolute atomic E-state index is 13.6. The highest BCUT2D eigenvalue weighted by Gasteiger charge is 2.30. The molecule has 0 saturated heterocycles. The van der Waals surface area contributed by atoms with Crippen molar-refractivity contribution in [2.24, 2.45) is 0 Å². The van der Waals surface area contributed by atoms with Gasteiger partial charge in [0.15, 0.2) is 6.10 Å². The smallest absolute Gasteiger partial charge is 0.419 e. The molecule has 0 aliphatic rings. The lowest BCUT2D eigenvalue weighted by molar-refractivity contribution is -0.132. The van der Waals surface area contributed by atoms with Crippen LogP contribution in [0.25, 0.3) is 10.9 Å². The molecule has 0 aliphatic heterocycles. The van der Waals surface area contributed by atoms with Crippen LogP contribution in [-0.4, -0.2) is 41.9 Å². The fraction of sp³-hybridized carbons (Fsp3) is 0.294. The number of ether oxygens (including phenoxy) is 3. The third kappa shape index (κ3) is 7.51. The number of carbonyl (C=O) groups excluding carboxylic acids is 2. The molecule has 41 heavy (non-hydrogen) atoms. The van der Waals surface area contributed by atoms with Crippen LogP contribution in [0.3, 0.4) is 0 Å². The second kappa shape index (κ2) is 13.4. The van der Waals surface area contributed by atoms with Gasteiger partial charge in [0.2, 0.25) is 0 Å². The van der Waals surface area contributed by atoms with E-state index in [1.54, 1.807) is 12.3 Å². The quantitative estimate of drug-likeness (QED) is 0.207. The van der Waals surface area contributed by atoms with Crippen LogP contribution in [0.4, 0.5) is 4.79 Å². The topological polar surface area (TPSA) is 78.8 Å². The van der Waals surface area contributed by atoms with Crippen molar-refractivity contribution in [2.45, 2.75) is 51.0 Å². The Morgan fingerprint density at radius 3 is 2.22 bits per heavy atom. The number of methoxy groups -OCH3 is 1. The van der Waals surface area contributed by atoms with Gasteiger partial charge in [0.05, 0.1) is 24.8 Å². The molecule has 4 rings (SSSR count). The number of benzene rings is 3. The second-order valence-electron chi connectivity index (χ2n) is 10.9. The van der Waals surface area contributed by atoms with E-state index in [2.05, 4.69) is 11.9 Å². The summed E-state index contributed by atoms with van der Waals surface area (Å²) in [6.45, 7) is 10.2. The molecular weight excluding hydrogens is 516 g/mol. The van der Waals surface area contributed by atoms with E-state index < -0.39 is 29.8 Å². The summed E-state index contributed by atoms with van der Waals surface area (Å²) >= 11 is 0. The van der Waals surface area contributed by atoms with Crippen LogP contribution in [0, 0.1) is 0 Å². The molecule has 0 bridgehead atoms. The van der Waals surface area contributed by atoms with Crippen molar-refractivity contribution in [1.82, 2.24) is 9.88 Å². The molecule has 1 amide bonds. The van der Waals surface area contributed by atoms with E-state index in [9.17, 15) is 9.59 Å². The van der Waals surface area contributed by atoms with Gasteiger partial charge >= 0.3 is 6.09 Å². The molecule has 0 radical (unpaired) electrons. The van der Waals surface area contributed by atoms with Crippen LogP contribution in [0.2, 0.25) is 0 Å². The highest BCUT2D eigenvalue weighted by Crippen LogP contribution is 2.32. The van der Waals surface area contributed by atoms with Gasteiger partial charge in [-0.3, -0.25) is 9.36 Å². The Bertz CT molecular complexity index is 1460. The molecule has 0 saturated carbocycles. The molecule has 1 unspecified atom stereocenters. The van der Waals surface area contributed by atoms with E-state index in [1.807, 2.05) is 106 Å². The average molecular weight is 555 g/mol. The summed E-state index contributed by atoms with van der Waals surface area (Å²) in [5.41, 5.74) is 2.64. The summed E-state index contributed by atoms with van der Waals surface area (Å²) in [4.78, 5) is 26.8. The number of amides is 1. The minimum absolute atomic E-state index is 0.203. The molecule has 1 heterocycles. The van der Waals surface area contributed by atoms with E-state index in [1.165, 1.54) is 11.7 Å². The second-order valence-corrected chi connectivity index (χ2v) is 10.9. The van der Waals surface area contributed by atoms with Crippen molar-refractivity contribution in [3.63, 3.8) is 0 Å². The van der Waals surface area contributed by atoms with Gasteiger partial charge in [0, 0.05) is 24.6 Å². The predicted octanol–water partition coefficient (Wildman–Crippen LogP) is 6.78. The molecule has 1 aromatic heterocycles. The average Bonchev–Trinajstić information content (AvgIpc) is 3.34. The first-order chi connectivity index (χ1) is 19.7. The summed E-state index contributed by atoms with van der Waals surface area (Å²) in [5.74, 6) is -0.689. The van der Waals surface area contributed by atoms with Crippen molar-refractivity contribution in [1.29, 1.82) is 0 Å². The SMILES string of the molecule is C=CC(c1cn(C(=O)OC(C)(C)C)c2ccccc12)[C@H](COCc1ccccc1)NC(=O)[C@H](OC)c1ccccc1. The number of aromatic nitrogens is 1. The minimum Gasteiger partial charge on any atom is -0.443 e. The van der Waals surface area contributed by atoms with Crippen molar-refractivity contribution < 1.29 is 23.8 Å². The summed E-state index contributed by atoms with van der Waals surface area (Å²) in [6.07, 6.45) is 2.27. The Balaban J connectivity index is 1.68. The molecule has 3 aromatic carbocycles. The molecular formula is C34H38N2O5. The Morgan fingerprint density at radius 1 is 0.951 bits per heavy atom. The van der Waals surface area contributed by atoms with Gasteiger partial charge in [-0.25, -0.2) is 4.79 Å². The Morgan fingerprint density at radius 2 is 1.59 bits per heavy atom. The number of nitrogens with one attached hydrogen (secondary N) is 1. The highest BCUT2D eigenvalue weighted by molar-refractivity contribution is 5.93. The maximum Gasteiger partial charge on any atom is 0.419 e. The third-order valence-electron chi connectivity index (χ3n) is 6.69. The van der Waals surface area contributed by atoms with Crippen molar-refractivity contribution >= 4 is 22.9 Å². The maximum atomic E-state index is 13.6. The molecule has 1 N–H and O–H groups in total. The van der Waals surface area contributed by atoms with Gasteiger partial charge in [0.25, 0.3) is 5.91 Å². The molecule has 7 nitrogen and oxygen atoms in total. The molecule has 4 aromatic rings. The Labute approximate surface area is 241 Å². The summed E-state index contributed by atoms with van der Waals surface area (Å²) in [7, 11) is 1.51. The lowest BCUT2D eigenvalue weighted by Crippen LogP contribution is -2.44. The van der Waals surface area contributed by atoms with E-state index in [-0.39, 0.29) is 12.5 Å². The fourth-order valence-electron chi connectivity index (χ4n) is 4.84. The van der Waals surface area contributed by atoms with Crippen LogP contribution in [-0.2, 0) is 25.6 Å². The minimum atomic E-state index is -0.804. The van der Waals surface area contributed by atoms with Gasteiger partial charge < -0.3 is 19.5 Å². The highest BCUT2D eigenvalue weighted by atomic mass is 16.6. The summed E-state index contributed by atoms with van der Waals surface area (Å²) in [5, 5.41) is 4.02. The van der Waals surface area contributed by atoms with Gasteiger partial charge in [-0.15, -0.1) is 6.58 Å². The van der Waals surface area contributed by atoms with E-state index in [4.69, 9.17) is 14.2 Å². The van der Waals surface area contributed by atoms with E-state index in [0.29, 0.717) is 12.1 Å². The summed E-state index contributed by atoms with van der Waals surface area (Å²) < 4.78 is 18.9. The van der Waals surface area contributed by atoms with Gasteiger partial charge in [-0.1, -0.05) is 84.9 Å². The Kier molecular flexibility index (Phi) is 9.76.